The maximum atomic E-state index is 5.92. The average molecular weight is 276 g/mol. The van der Waals surface area contributed by atoms with E-state index in [1.165, 1.54) is 38.5 Å². The van der Waals surface area contributed by atoms with E-state index in [-0.39, 0.29) is 6.10 Å². The molecule has 0 spiro atoms. The third-order valence-electron chi connectivity index (χ3n) is 3.72. The monoisotopic (exact) mass is 276 g/mol. The van der Waals surface area contributed by atoms with E-state index >= 15 is 0 Å². The number of rotatable bonds is 10. The zero-order valence-corrected chi connectivity index (χ0v) is 12.9. The minimum Gasteiger partial charge on any atom is -0.475 e. The Balaban J connectivity index is 1.71. The van der Waals surface area contributed by atoms with Gasteiger partial charge in [0.2, 0.25) is 5.88 Å². The second-order valence-electron chi connectivity index (χ2n) is 5.90. The van der Waals surface area contributed by atoms with Crippen LogP contribution in [0.15, 0.2) is 18.2 Å². The lowest BCUT2D eigenvalue weighted by Gasteiger charge is -2.14. The van der Waals surface area contributed by atoms with Gasteiger partial charge >= 0.3 is 0 Å². The molecule has 1 atom stereocenters. The van der Waals surface area contributed by atoms with Crippen LogP contribution in [0.5, 0.6) is 5.88 Å². The van der Waals surface area contributed by atoms with Crippen molar-refractivity contribution in [1.82, 2.24) is 10.3 Å². The first-order valence-electron chi connectivity index (χ1n) is 8.14. The van der Waals surface area contributed by atoms with Gasteiger partial charge in [-0.05, 0) is 38.7 Å². The van der Waals surface area contributed by atoms with E-state index in [2.05, 4.69) is 30.2 Å². The lowest BCUT2D eigenvalue weighted by molar-refractivity contribution is 0.197. The highest BCUT2D eigenvalue weighted by molar-refractivity contribution is 5.16. The third kappa shape index (κ3) is 5.91. The molecule has 20 heavy (non-hydrogen) atoms. The van der Waals surface area contributed by atoms with Crippen molar-refractivity contribution in [3.05, 3.63) is 23.9 Å². The summed E-state index contributed by atoms with van der Waals surface area (Å²) >= 11 is 0. The Morgan fingerprint density at radius 2 is 2.15 bits per heavy atom. The number of unbranched alkanes of at least 4 members (excludes halogenated alkanes) is 3. The van der Waals surface area contributed by atoms with E-state index < -0.39 is 0 Å². The first kappa shape index (κ1) is 15.3. The number of aromatic nitrogens is 1. The van der Waals surface area contributed by atoms with Crippen molar-refractivity contribution < 1.29 is 4.74 Å². The molecule has 1 unspecified atom stereocenters. The predicted octanol–water partition coefficient (Wildman–Crippen LogP) is 4.07. The molecule has 1 aromatic heterocycles. The fourth-order valence-corrected chi connectivity index (χ4v) is 2.28. The second-order valence-corrected chi connectivity index (χ2v) is 5.90. The molecule has 0 aliphatic heterocycles. The Hall–Kier alpha value is -1.09. The summed E-state index contributed by atoms with van der Waals surface area (Å²) in [5.74, 6) is 0.767. The van der Waals surface area contributed by atoms with Gasteiger partial charge in [-0.1, -0.05) is 32.3 Å². The normalized spacial score (nSPS) is 16.1. The van der Waals surface area contributed by atoms with Crippen LogP contribution in [0.3, 0.4) is 0 Å². The lowest BCUT2D eigenvalue weighted by Crippen LogP contribution is -2.17. The van der Waals surface area contributed by atoms with E-state index in [4.69, 9.17) is 4.74 Å². The van der Waals surface area contributed by atoms with Crippen LogP contribution in [-0.4, -0.2) is 17.1 Å². The molecular formula is C17H28N2O. The van der Waals surface area contributed by atoms with Gasteiger partial charge in [0.05, 0.1) is 11.8 Å². The summed E-state index contributed by atoms with van der Waals surface area (Å²) in [6.07, 6.45) is 9.16. The van der Waals surface area contributed by atoms with E-state index in [0.29, 0.717) is 0 Å². The SMILES string of the molecule is CCCCCCC(C)Oc1cccc(CNC2CC2)n1. The molecule has 1 N–H and O–H groups in total. The molecule has 1 aromatic rings. The van der Waals surface area contributed by atoms with Crippen molar-refractivity contribution in [2.45, 2.75) is 77.5 Å². The highest BCUT2D eigenvalue weighted by Gasteiger charge is 2.20. The van der Waals surface area contributed by atoms with Crippen LogP contribution in [0.1, 0.15) is 64.5 Å². The summed E-state index contributed by atoms with van der Waals surface area (Å²) in [6, 6.07) is 6.78. The van der Waals surface area contributed by atoms with Crippen LogP contribution < -0.4 is 10.1 Å². The largest absolute Gasteiger partial charge is 0.475 e. The molecule has 1 saturated carbocycles. The molecule has 0 aromatic carbocycles. The molecule has 2 rings (SSSR count). The van der Waals surface area contributed by atoms with Crippen LogP contribution in [0, 0.1) is 0 Å². The Morgan fingerprint density at radius 1 is 1.30 bits per heavy atom. The highest BCUT2D eigenvalue weighted by atomic mass is 16.5. The molecule has 112 valence electrons. The molecule has 1 fully saturated rings. The highest BCUT2D eigenvalue weighted by Crippen LogP contribution is 2.19. The van der Waals surface area contributed by atoms with Crippen LogP contribution >= 0.6 is 0 Å². The van der Waals surface area contributed by atoms with Crippen molar-refractivity contribution in [3.8, 4) is 5.88 Å². The smallest absolute Gasteiger partial charge is 0.213 e. The van der Waals surface area contributed by atoms with E-state index in [1.54, 1.807) is 0 Å². The van der Waals surface area contributed by atoms with Gasteiger partial charge < -0.3 is 10.1 Å². The molecule has 3 heteroatoms. The number of nitrogens with one attached hydrogen (secondary N) is 1. The standard InChI is InChI=1S/C17H28N2O/c1-3-4-5-6-8-14(2)20-17-10-7-9-16(19-17)13-18-15-11-12-15/h7,9-10,14-15,18H,3-6,8,11-13H2,1-2H3. The van der Waals surface area contributed by atoms with E-state index in [9.17, 15) is 0 Å². The number of pyridine rings is 1. The van der Waals surface area contributed by atoms with E-state index in [1.807, 2.05) is 12.1 Å². The fourth-order valence-electron chi connectivity index (χ4n) is 2.28. The maximum Gasteiger partial charge on any atom is 0.213 e. The number of ether oxygens (including phenoxy) is 1. The van der Waals surface area contributed by atoms with Gasteiger partial charge in [-0.3, -0.25) is 0 Å². The number of hydrogen-bond donors (Lipinski definition) is 1. The van der Waals surface area contributed by atoms with Gasteiger partial charge in [-0.25, -0.2) is 4.98 Å². The Morgan fingerprint density at radius 3 is 2.90 bits per heavy atom. The summed E-state index contributed by atoms with van der Waals surface area (Å²) < 4.78 is 5.92. The molecule has 0 saturated heterocycles. The lowest BCUT2D eigenvalue weighted by atomic mass is 10.1. The summed E-state index contributed by atoms with van der Waals surface area (Å²) in [5.41, 5.74) is 1.08. The van der Waals surface area contributed by atoms with Crippen LogP contribution in [0.25, 0.3) is 0 Å². The minimum atomic E-state index is 0.256. The molecule has 0 radical (unpaired) electrons. The topological polar surface area (TPSA) is 34.1 Å². The zero-order chi connectivity index (χ0) is 14.2. The quantitative estimate of drug-likeness (QED) is 0.654. The average Bonchev–Trinajstić information content (AvgIpc) is 3.26. The van der Waals surface area contributed by atoms with Gasteiger partial charge in [0.25, 0.3) is 0 Å². The third-order valence-corrected chi connectivity index (χ3v) is 3.72. The fraction of sp³-hybridized carbons (Fsp3) is 0.706. The maximum absolute atomic E-state index is 5.92. The van der Waals surface area contributed by atoms with Crippen molar-refractivity contribution in [2.24, 2.45) is 0 Å². The van der Waals surface area contributed by atoms with Gasteiger partial charge in [-0.2, -0.15) is 0 Å². The zero-order valence-electron chi connectivity index (χ0n) is 12.9. The minimum absolute atomic E-state index is 0.256. The van der Waals surface area contributed by atoms with Crippen molar-refractivity contribution in [3.63, 3.8) is 0 Å². The second kappa shape index (κ2) is 8.25. The van der Waals surface area contributed by atoms with Crippen molar-refractivity contribution in [1.29, 1.82) is 0 Å². The molecular weight excluding hydrogens is 248 g/mol. The number of hydrogen-bond acceptors (Lipinski definition) is 3. The first-order valence-corrected chi connectivity index (χ1v) is 8.14. The summed E-state index contributed by atoms with van der Waals surface area (Å²) in [7, 11) is 0. The molecule has 0 bridgehead atoms. The Labute approximate surface area is 123 Å². The van der Waals surface area contributed by atoms with Crippen LogP contribution in [-0.2, 0) is 6.54 Å². The van der Waals surface area contributed by atoms with Gasteiger partial charge in [-0.15, -0.1) is 0 Å². The van der Waals surface area contributed by atoms with Crippen LogP contribution in [0.4, 0.5) is 0 Å². The summed E-state index contributed by atoms with van der Waals surface area (Å²) in [5, 5.41) is 3.48. The van der Waals surface area contributed by atoms with Crippen LogP contribution in [0.2, 0.25) is 0 Å². The molecule has 1 aliphatic carbocycles. The molecule has 0 amide bonds. The molecule has 3 nitrogen and oxygen atoms in total. The summed E-state index contributed by atoms with van der Waals surface area (Å²) in [6.45, 7) is 5.24. The Bertz CT molecular complexity index is 390. The first-order chi connectivity index (χ1) is 9.78. The predicted molar refractivity (Wildman–Crippen MR) is 82.9 cm³/mol. The van der Waals surface area contributed by atoms with Gasteiger partial charge in [0, 0.05) is 18.7 Å². The van der Waals surface area contributed by atoms with Crippen molar-refractivity contribution in [2.75, 3.05) is 0 Å². The van der Waals surface area contributed by atoms with Crippen molar-refractivity contribution >= 4 is 0 Å². The summed E-state index contributed by atoms with van der Waals surface area (Å²) in [4.78, 5) is 4.57. The molecule has 1 aliphatic rings. The van der Waals surface area contributed by atoms with E-state index in [0.717, 1.165) is 30.6 Å². The van der Waals surface area contributed by atoms with Gasteiger partial charge in [0.1, 0.15) is 0 Å². The van der Waals surface area contributed by atoms with Gasteiger partial charge in [0.15, 0.2) is 0 Å². The molecule has 1 heterocycles. The number of nitrogens with zero attached hydrogens (tertiary/aromatic N) is 1. The Kier molecular flexibility index (Phi) is 6.31.